The Morgan fingerprint density at radius 2 is 1.55 bits per heavy atom. The first-order chi connectivity index (χ1) is 10.8. The molecule has 2 aromatic carbocycles. The van der Waals surface area contributed by atoms with Crippen LogP contribution in [0.1, 0.15) is 66.6 Å². The molecule has 1 heteroatoms. The third-order valence-electron chi connectivity index (χ3n) is 4.07. The van der Waals surface area contributed by atoms with Crippen molar-refractivity contribution in [2.75, 3.05) is 0 Å². The van der Waals surface area contributed by atoms with Gasteiger partial charge in [0.25, 0.3) is 0 Å². The fourth-order valence-corrected chi connectivity index (χ4v) is 2.72. The number of carbonyl (C=O) groups is 1. The van der Waals surface area contributed by atoms with Gasteiger partial charge in [-0.2, -0.15) is 0 Å². The molecule has 0 fully saturated rings. The average molecular weight is 294 g/mol. The van der Waals surface area contributed by atoms with Crippen LogP contribution in [0.15, 0.2) is 48.5 Å². The molecular weight excluding hydrogens is 268 g/mol. The quantitative estimate of drug-likeness (QED) is 0.579. The van der Waals surface area contributed by atoms with Gasteiger partial charge in [0.05, 0.1) is 0 Å². The summed E-state index contributed by atoms with van der Waals surface area (Å²) in [5.41, 5.74) is 4.23. The van der Waals surface area contributed by atoms with Crippen molar-refractivity contribution in [1.82, 2.24) is 0 Å². The molecule has 0 N–H and O–H groups in total. The molecule has 0 aliphatic rings. The fraction of sp³-hybridized carbons (Fsp3) is 0.381. The van der Waals surface area contributed by atoms with E-state index in [1.165, 1.54) is 24.0 Å². The molecule has 2 aromatic rings. The number of unbranched alkanes of at least 4 members (excludes halogenated alkanes) is 2. The van der Waals surface area contributed by atoms with Gasteiger partial charge in [-0.15, -0.1) is 0 Å². The number of aryl methyl sites for hydroxylation is 2. The SMILES string of the molecule is CCCCc1ccc(C(=O)c2ccccc2)c(CCCC)c1. The standard InChI is InChI=1S/C21H26O/c1-3-5-10-17-14-15-20(19(16-17)11-6-4-2)21(22)18-12-8-7-9-13-18/h7-9,12-16H,3-6,10-11H2,1-2H3. The van der Waals surface area contributed by atoms with Gasteiger partial charge in [0.2, 0.25) is 0 Å². The van der Waals surface area contributed by atoms with Crippen LogP contribution in [0, 0.1) is 0 Å². The van der Waals surface area contributed by atoms with Crippen LogP contribution < -0.4 is 0 Å². The predicted molar refractivity (Wildman–Crippen MR) is 93.5 cm³/mol. The Hall–Kier alpha value is -1.89. The molecule has 0 amide bonds. The number of benzene rings is 2. The smallest absolute Gasteiger partial charge is 0.193 e. The Labute approximate surface area is 134 Å². The van der Waals surface area contributed by atoms with E-state index in [0.717, 1.165) is 36.8 Å². The number of hydrogen-bond acceptors (Lipinski definition) is 1. The maximum Gasteiger partial charge on any atom is 0.193 e. The molecule has 1 nitrogen and oxygen atoms in total. The summed E-state index contributed by atoms with van der Waals surface area (Å²) in [5, 5.41) is 0. The minimum atomic E-state index is 0.147. The van der Waals surface area contributed by atoms with Crippen LogP contribution in [0.25, 0.3) is 0 Å². The maximum atomic E-state index is 12.8. The minimum Gasteiger partial charge on any atom is -0.289 e. The topological polar surface area (TPSA) is 17.1 Å². The highest BCUT2D eigenvalue weighted by atomic mass is 16.1. The van der Waals surface area contributed by atoms with Crippen LogP contribution in [0.5, 0.6) is 0 Å². The van der Waals surface area contributed by atoms with Crippen molar-refractivity contribution < 1.29 is 4.79 Å². The first kappa shape index (κ1) is 16.5. The van der Waals surface area contributed by atoms with Gasteiger partial charge in [-0.05, 0) is 36.8 Å². The van der Waals surface area contributed by atoms with Crippen molar-refractivity contribution in [3.05, 3.63) is 70.8 Å². The van der Waals surface area contributed by atoms with E-state index in [-0.39, 0.29) is 5.78 Å². The average Bonchev–Trinajstić information content (AvgIpc) is 2.58. The zero-order chi connectivity index (χ0) is 15.8. The molecule has 0 atom stereocenters. The monoisotopic (exact) mass is 294 g/mol. The molecule has 0 bridgehead atoms. The largest absolute Gasteiger partial charge is 0.289 e. The fourth-order valence-electron chi connectivity index (χ4n) is 2.72. The van der Waals surface area contributed by atoms with E-state index in [9.17, 15) is 4.79 Å². The molecule has 0 aliphatic carbocycles. The lowest BCUT2D eigenvalue weighted by Crippen LogP contribution is -2.06. The molecule has 0 spiro atoms. The molecule has 0 saturated carbocycles. The van der Waals surface area contributed by atoms with E-state index in [1.807, 2.05) is 36.4 Å². The van der Waals surface area contributed by atoms with Crippen LogP contribution in [-0.4, -0.2) is 5.78 Å². The molecule has 2 rings (SSSR count). The van der Waals surface area contributed by atoms with Crippen molar-refractivity contribution in [3.63, 3.8) is 0 Å². The number of hydrogen-bond donors (Lipinski definition) is 0. The third-order valence-corrected chi connectivity index (χ3v) is 4.07. The number of ketones is 1. The van der Waals surface area contributed by atoms with E-state index in [1.54, 1.807) is 0 Å². The van der Waals surface area contributed by atoms with Crippen molar-refractivity contribution in [3.8, 4) is 0 Å². The summed E-state index contributed by atoms with van der Waals surface area (Å²) < 4.78 is 0. The Morgan fingerprint density at radius 3 is 2.23 bits per heavy atom. The molecule has 0 aliphatic heterocycles. The lowest BCUT2D eigenvalue weighted by Gasteiger charge is -2.11. The summed E-state index contributed by atoms with van der Waals surface area (Å²) in [6.07, 6.45) is 6.79. The van der Waals surface area contributed by atoms with Gasteiger partial charge in [0.15, 0.2) is 5.78 Å². The van der Waals surface area contributed by atoms with E-state index in [2.05, 4.69) is 26.0 Å². The first-order valence-corrected chi connectivity index (χ1v) is 8.47. The third kappa shape index (κ3) is 4.30. The van der Waals surface area contributed by atoms with Crippen molar-refractivity contribution in [2.24, 2.45) is 0 Å². The lowest BCUT2D eigenvalue weighted by molar-refractivity contribution is 0.103. The summed E-state index contributed by atoms with van der Waals surface area (Å²) in [5.74, 6) is 0.147. The zero-order valence-corrected chi connectivity index (χ0v) is 13.8. The number of rotatable bonds is 8. The maximum absolute atomic E-state index is 12.8. The highest BCUT2D eigenvalue weighted by molar-refractivity contribution is 6.09. The summed E-state index contributed by atoms with van der Waals surface area (Å²) in [7, 11) is 0. The second-order valence-electron chi connectivity index (χ2n) is 5.89. The van der Waals surface area contributed by atoms with E-state index >= 15 is 0 Å². The van der Waals surface area contributed by atoms with Crippen LogP contribution >= 0.6 is 0 Å². The van der Waals surface area contributed by atoms with Crippen molar-refractivity contribution in [1.29, 1.82) is 0 Å². The van der Waals surface area contributed by atoms with E-state index < -0.39 is 0 Å². The van der Waals surface area contributed by atoms with Crippen molar-refractivity contribution >= 4 is 5.78 Å². The molecule has 0 aromatic heterocycles. The summed E-state index contributed by atoms with van der Waals surface area (Å²) in [6.45, 7) is 4.41. The molecular formula is C21H26O. The van der Waals surface area contributed by atoms with E-state index in [0.29, 0.717) is 0 Å². The molecule has 22 heavy (non-hydrogen) atoms. The normalized spacial score (nSPS) is 10.6. The first-order valence-electron chi connectivity index (χ1n) is 8.47. The summed E-state index contributed by atoms with van der Waals surface area (Å²) >= 11 is 0. The van der Waals surface area contributed by atoms with Gasteiger partial charge in [0.1, 0.15) is 0 Å². The van der Waals surface area contributed by atoms with Gasteiger partial charge in [-0.3, -0.25) is 4.79 Å². The zero-order valence-electron chi connectivity index (χ0n) is 13.8. The summed E-state index contributed by atoms with van der Waals surface area (Å²) in [6, 6.07) is 16.0. The lowest BCUT2D eigenvalue weighted by atomic mass is 9.92. The van der Waals surface area contributed by atoms with Gasteiger partial charge < -0.3 is 0 Å². The minimum absolute atomic E-state index is 0.147. The van der Waals surface area contributed by atoms with Crippen LogP contribution in [0.2, 0.25) is 0 Å². The molecule has 0 unspecified atom stereocenters. The Balaban J connectivity index is 2.30. The molecule has 0 heterocycles. The van der Waals surface area contributed by atoms with Crippen LogP contribution in [-0.2, 0) is 12.8 Å². The van der Waals surface area contributed by atoms with Crippen LogP contribution in [0.4, 0.5) is 0 Å². The molecule has 0 radical (unpaired) electrons. The highest BCUT2D eigenvalue weighted by Crippen LogP contribution is 2.20. The second kappa shape index (κ2) is 8.53. The van der Waals surface area contributed by atoms with Gasteiger partial charge in [0, 0.05) is 11.1 Å². The second-order valence-corrected chi connectivity index (χ2v) is 5.89. The summed E-state index contributed by atoms with van der Waals surface area (Å²) in [4.78, 5) is 12.8. The van der Waals surface area contributed by atoms with Crippen molar-refractivity contribution in [2.45, 2.75) is 52.4 Å². The van der Waals surface area contributed by atoms with E-state index in [4.69, 9.17) is 0 Å². The Morgan fingerprint density at radius 1 is 0.864 bits per heavy atom. The van der Waals surface area contributed by atoms with Gasteiger partial charge in [-0.1, -0.05) is 75.2 Å². The van der Waals surface area contributed by atoms with Crippen LogP contribution in [0.3, 0.4) is 0 Å². The number of carbonyl (C=O) groups excluding carboxylic acids is 1. The Kier molecular flexibility index (Phi) is 6.39. The highest BCUT2D eigenvalue weighted by Gasteiger charge is 2.13. The molecule has 116 valence electrons. The van der Waals surface area contributed by atoms with Gasteiger partial charge >= 0.3 is 0 Å². The predicted octanol–water partition coefficient (Wildman–Crippen LogP) is 5.60. The molecule has 0 saturated heterocycles. The Bertz CT molecular complexity index is 599. The van der Waals surface area contributed by atoms with Gasteiger partial charge in [-0.25, -0.2) is 0 Å².